The lowest BCUT2D eigenvalue weighted by Gasteiger charge is -2.21. The number of hydrogen-bond acceptors (Lipinski definition) is 3. The molecule has 6 heteroatoms. The summed E-state index contributed by atoms with van der Waals surface area (Å²) >= 11 is 1.55. The summed E-state index contributed by atoms with van der Waals surface area (Å²) in [5.41, 5.74) is 0.232. The van der Waals surface area contributed by atoms with E-state index in [2.05, 4.69) is 4.98 Å². The second kappa shape index (κ2) is 6.28. The molecule has 2 aromatic heterocycles. The van der Waals surface area contributed by atoms with Gasteiger partial charge in [0.15, 0.2) is 0 Å². The fourth-order valence-corrected chi connectivity index (χ4v) is 2.61. The quantitative estimate of drug-likeness (QED) is 0.780. The van der Waals surface area contributed by atoms with Crippen LogP contribution in [0.25, 0.3) is 0 Å². The summed E-state index contributed by atoms with van der Waals surface area (Å²) in [7, 11) is 0. The fraction of sp³-hybridized carbons (Fsp3) is 0.438. The maximum atomic E-state index is 13.2. The summed E-state index contributed by atoms with van der Waals surface area (Å²) in [5.74, 6) is -0.212. The number of thiophene rings is 1. The van der Waals surface area contributed by atoms with Gasteiger partial charge < -0.3 is 4.74 Å². The molecule has 0 aliphatic rings. The molecular weight excluding hydrogens is 311 g/mol. The Balaban J connectivity index is 2.19. The number of ether oxygens (including phenoxy) is 1. The zero-order chi connectivity index (χ0) is 16.4. The molecule has 0 aromatic carbocycles. The molecule has 2 aromatic rings. The van der Waals surface area contributed by atoms with Crippen LogP contribution in [0.3, 0.4) is 0 Å². The molecule has 0 aliphatic carbocycles. The second-order valence-corrected chi connectivity index (χ2v) is 6.82. The van der Waals surface area contributed by atoms with Gasteiger partial charge in [-0.3, -0.25) is 4.98 Å². The smallest absolute Gasteiger partial charge is 0.420 e. The van der Waals surface area contributed by atoms with E-state index in [1.165, 1.54) is 6.20 Å². The molecule has 0 fully saturated rings. The van der Waals surface area contributed by atoms with E-state index in [1.807, 2.05) is 37.6 Å². The van der Waals surface area contributed by atoms with Gasteiger partial charge in [-0.1, -0.05) is 20.8 Å². The Morgan fingerprint density at radius 2 is 1.95 bits per heavy atom. The maximum Gasteiger partial charge on any atom is 0.420 e. The summed E-state index contributed by atoms with van der Waals surface area (Å²) < 4.78 is 45.0. The van der Waals surface area contributed by atoms with Crippen LogP contribution in [0.5, 0.6) is 5.75 Å². The van der Waals surface area contributed by atoms with Crippen molar-refractivity contribution in [3.05, 3.63) is 45.9 Å². The third-order valence-corrected chi connectivity index (χ3v) is 3.90. The average molecular weight is 329 g/mol. The molecule has 0 N–H and O–H groups in total. The van der Waals surface area contributed by atoms with Crippen molar-refractivity contribution in [2.75, 3.05) is 6.61 Å². The predicted molar refractivity (Wildman–Crippen MR) is 81.5 cm³/mol. The molecule has 0 atom stereocenters. The normalized spacial score (nSPS) is 12.5. The first kappa shape index (κ1) is 16.8. The van der Waals surface area contributed by atoms with Gasteiger partial charge in [-0.25, -0.2) is 0 Å². The van der Waals surface area contributed by atoms with Gasteiger partial charge in [0.2, 0.25) is 0 Å². The molecule has 2 nitrogen and oxygen atoms in total. The van der Waals surface area contributed by atoms with Crippen molar-refractivity contribution >= 4 is 11.3 Å². The zero-order valence-corrected chi connectivity index (χ0v) is 13.5. The Kier molecular flexibility index (Phi) is 4.80. The Morgan fingerprint density at radius 3 is 2.50 bits per heavy atom. The lowest BCUT2D eigenvalue weighted by atomic mass is 9.90. The molecular formula is C16H18F3NOS. The van der Waals surface area contributed by atoms with Crippen LogP contribution in [-0.4, -0.2) is 11.6 Å². The van der Waals surface area contributed by atoms with Gasteiger partial charge in [0.1, 0.15) is 11.3 Å². The summed E-state index contributed by atoms with van der Waals surface area (Å²) in [6.07, 6.45) is -2.71. The molecule has 2 rings (SSSR count). The van der Waals surface area contributed by atoms with Crippen molar-refractivity contribution in [2.24, 2.45) is 0 Å². The van der Waals surface area contributed by atoms with Crippen molar-refractivity contribution in [2.45, 2.75) is 38.8 Å². The number of pyridine rings is 1. The molecule has 0 saturated carbocycles. The third-order valence-electron chi connectivity index (χ3n) is 3.17. The van der Waals surface area contributed by atoms with E-state index in [0.29, 0.717) is 12.1 Å². The summed E-state index contributed by atoms with van der Waals surface area (Å²) in [5, 5.41) is 3.88. The largest absolute Gasteiger partial charge is 0.491 e. The molecule has 0 amide bonds. The standard InChI is InChI=1S/C16H18F3NOS/c1-15(2,3)14-8-12(16(17,18)19)13(9-20-14)21-6-4-11-5-7-22-10-11/h5,7-10H,4,6H2,1-3H3. The van der Waals surface area contributed by atoms with Gasteiger partial charge >= 0.3 is 6.18 Å². The first-order valence-electron chi connectivity index (χ1n) is 6.89. The number of hydrogen-bond donors (Lipinski definition) is 0. The molecule has 120 valence electrons. The first-order chi connectivity index (χ1) is 10.2. The minimum atomic E-state index is -4.46. The van der Waals surface area contributed by atoms with Gasteiger partial charge in [-0.15, -0.1) is 0 Å². The van der Waals surface area contributed by atoms with Crippen LogP contribution in [0.1, 0.15) is 37.6 Å². The number of halogens is 3. The molecule has 0 unspecified atom stereocenters. The number of rotatable bonds is 4. The SMILES string of the molecule is CC(C)(C)c1cc(C(F)(F)F)c(OCCc2ccsc2)cn1. The minimum absolute atomic E-state index is 0.191. The molecule has 0 radical (unpaired) electrons. The Hall–Kier alpha value is -1.56. The van der Waals surface area contributed by atoms with E-state index in [4.69, 9.17) is 4.74 Å². The highest BCUT2D eigenvalue weighted by Crippen LogP contribution is 2.38. The van der Waals surface area contributed by atoms with E-state index in [-0.39, 0.29) is 12.4 Å². The number of nitrogens with zero attached hydrogens (tertiary/aromatic N) is 1. The highest BCUT2D eigenvalue weighted by atomic mass is 32.1. The predicted octanol–water partition coefficient (Wildman–Crippen LogP) is 5.08. The second-order valence-electron chi connectivity index (χ2n) is 6.04. The van der Waals surface area contributed by atoms with E-state index in [0.717, 1.165) is 11.6 Å². The molecule has 0 bridgehead atoms. The molecule has 22 heavy (non-hydrogen) atoms. The third kappa shape index (κ3) is 4.22. The van der Waals surface area contributed by atoms with Crippen molar-refractivity contribution in [3.63, 3.8) is 0 Å². The van der Waals surface area contributed by atoms with Crippen molar-refractivity contribution in [1.29, 1.82) is 0 Å². The Bertz CT molecular complexity index is 615. The Labute approximate surface area is 132 Å². The first-order valence-corrected chi connectivity index (χ1v) is 7.84. The molecule has 0 aliphatic heterocycles. The summed E-state index contributed by atoms with van der Waals surface area (Å²) in [6, 6.07) is 3.01. The van der Waals surface area contributed by atoms with Gasteiger partial charge in [0.05, 0.1) is 12.8 Å². The van der Waals surface area contributed by atoms with Gasteiger partial charge in [-0.05, 0) is 28.5 Å². The zero-order valence-electron chi connectivity index (χ0n) is 12.7. The Morgan fingerprint density at radius 1 is 1.23 bits per heavy atom. The van der Waals surface area contributed by atoms with E-state index in [1.54, 1.807) is 11.3 Å². The van der Waals surface area contributed by atoms with Crippen molar-refractivity contribution < 1.29 is 17.9 Å². The van der Waals surface area contributed by atoms with Crippen LogP contribution in [0.15, 0.2) is 29.1 Å². The van der Waals surface area contributed by atoms with Crippen LogP contribution in [0.4, 0.5) is 13.2 Å². The summed E-state index contributed by atoms with van der Waals surface area (Å²) in [4.78, 5) is 4.12. The van der Waals surface area contributed by atoms with Crippen LogP contribution >= 0.6 is 11.3 Å². The highest BCUT2D eigenvalue weighted by Gasteiger charge is 2.36. The van der Waals surface area contributed by atoms with Crippen LogP contribution in [0, 0.1) is 0 Å². The van der Waals surface area contributed by atoms with Crippen molar-refractivity contribution in [1.82, 2.24) is 4.98 Å². The van der Waals surface area contributed by atoms with Crippen molar-refractivity contribution in [3.8, 4) is 5.75 Å². The van der Waals surface area contributed by atoms with Gasteiger partial charge in [0.25, 0.3) is 0 Å². The number of aromatic nitrogens is 1. The van der Waals surface area contributed by atoms with Gasteiger partial charge in [0, 0.05) is 17.5 Å². The van der Waals surface area contributed by atoms with Gasteiger partial charge in [-0.2, -0.15) is 24.5 Å². The minimum Gasteiger partial charge on any atom is -0.491 e. The van der Waals surface area contributed by atoms with E-state index >= 15 is 0 Å². The summed E-state index contributed by atoms with van der Waals surface area (Å²) in [6.45, 7) is 5.67. The molecule has 2 heterocycles. The van der Waals surface area contributed by atoms with E-state index in [9.17, 15) is 13.2 Å². The molecule has 0 saturated heterocycles. The average Bonchev–Trinajstić information content (AvgIpc) is 2.89. The topological polar surface area (TPSA) is 22.1 Å². The highest BCUT2D eigenvalue weighted by molar-refractivity contribution is 7.07. The maximum absolute atomic E-state index is 13.2. The van der Waals surface area contributed by atoms with Crippen LogP contribution in [0.2, 0.25) is 0 Å². The fourth-order valence-electron chi connectivity index (χ4n) is 1.90. The molecule has 0 spiro atoms. The number of alkyl halides is 3. The van der Waals surface area contributed by atoms with E-state index < -0.39 is 17.2 Å². The lowest BCUT2D eigenvalue weighted by molar-refractivity contribution is -0.139. The lowest BCUT2D eigenvalue weighted by Crippen LogP contribution is -2.17. The van der Waals surface area contributed by atoms with Crippen LogP contribution < -0.4 is 4.74 Å². The monoisotopic (exact) mass is 329 g/mol. The van der Waals surface area contributed by atoms with Crippen LogP contribution in [-0.2, 0) is 18.0 Å².